The van der Waals surface area contributed by atoms with Crippen molar-refractivity contribution in [2.45, 2.75) is 25.1 Å². The third-order valence-corrected chi connectivity index (χ3v) is 3.55. The van der Waals surface area contributed by atoms with Gasteiger partial charge in [0.05, 0.1) is 13.5 Å². The zero-order chi connectivity index (χ0) is 17.0. The number of amides is 2. The number of benzene rings is 1. The number of likely N-dealkylation sites (tertiary alicyclic amines) is 1. The van der Waals surface area contributed by atoms with Gasteiger partial charge in [-0.1, -0.05) is 18.2 Å². The van der Waals surface area contributed by atoms with Gasteiger partial charge in [0, 0.05) is 12.1 Å². The first-order chi connectivity index (χ1) is 10.8. The number of ether oxygens (including phenoxy) is 1. The predicted octanol–water partition coefficient (Wildman–Crippen LogP) is 1.52. The van der Waals surface area contributed by atoms with E-state index in [1.165, 1.54) is 7.11 Å². The molecule has 0 spiro atoms. The van der Waals surface area contributed by atoms with Gasteiger partial charge in [0.25, 0.3) is 0 Å². The van der Waals surface area contributed by atoms with Crippen LogP contribution in [0.15, 0.2) is 24.3 Å². The summed E-state index contributed by atoms with van der Waals surface area (Å²) in [5.41, 5.74) is 0.644. The van der Waals surface area contributed by atoms with Crippen molar-refractivity contribution in [1.29, 1.82) is 0 Å². The number of para-hydroxylation sites is 1. The molecule has 1 saturated heterocycles. The summed E-state index contributed by atoms with van der Waals surface area (Å²) in [5, 5.41) is 2.49. The van der Waals surface area contributed by atoms with Crippen molar-refractivity contribution in [2.75, 3.05) is 20.2 Å². The molecule has 1 heterocycles. The molecular formula is C15H17F3N2O3. The number of nitrogens with one attached hydrogen (secondary N) is 1. The number of hydrogen-bond acceptors (Lipinski definition) is 3. The third kappa shape index (κ3) is 4.61. The zero-order valence-electron chi connectivity index (χ0n) is 12.5. The maximum Gasteiger partial charge on any atom is 0.406 e. The summed E-state index contributed by atoms with van der Waals surface area (Å²) in [5.74, 6) is -0.587. The van der Waals surface area contributed by atoms with Crippen LogP contribution in [-0.2, 0) is 16.0 Å². The van der Waals surface area contributed by atoms with E-state index in [1.807, 2.05) is 0 Å². The van der Waals surface area contributed by atoms with Crippen LogP contribution in [0.3, 0.4) is 0 Å². The minimum atomic E-state index is -4.44. The second-order valence-electron chi connectivity index (χ2n) is 5.27. The van der Waals surface area contributed by atoms with Crippen LogP contribution in [0.25, 0.3) is 0 Å². The van der Waals surface area contributed by atoms with Crippen LogP contribution in [0.1, 0.15) is 12.0 Å². The summed E-state index contributed by atoms with van der Waals surface area (Å²) in [6.07, 6.45) is -4.27. The normalized spacial score (nSPS) is 18.2. The highest BCUT2D eigenvalue weighted by Gasteiger charge is 2.39. The number of hydrogen-bond donors (Lipinski definition) is 1. The van der Waals surface area contributed by atoms with Crippen LogP contribution in [0.2, 0.25) is 0 Å². The fraction of sp³-hybridized carbons (Fsp3) is 0.467. The van der Waals surface area contributed by atoms with Crippen molar-refractivity contribution in [3.8, 4) is 5.75 Å². The maximum atomic E-state index is 12.3. The topological polar surface area (TPSA) is 58.6 Å². The molecule has 8 heteroatoms. The van der Waals surface area contributed by atoms with Crippen molar-refractivity contribution < 1.29 is 27.5 Å². The molecule has 0 unspecified atom stereocenters. The quantitative estimate of drug-likeness (QED) is 0.890. The van der Waals surface area contributed by atoms with E-state index in [4.69, 9.17) is 4.74 Å². The van der Waals surface area contributed by atoms with Crippen LogP contribution in [-0.4, -0.2) is 49.1 Å². The molecular weight excluding hydrogens is 313 g/mol. The molecule has 0 bridgehead atoms. The molecule has 2 amide bonds. The van der Waals surface area contributed by atoms with Gasteiger partial charge in [-0.2, -0.15) is 13.2 Å². The largest absolute Gasteiger partial charge is 0.496 e. The molecule has 1 N–H and O–H groups in total. The van der Waals surface area contributed by atoms with Gasteiger partial charge in [0.1, 0.15) is 18.3 Å². The molecule has 1 aromatic carbocycles. The number of nitrogens with zero attached hydrogens (tertiary/aromatic N) is 1. The van der Waals surface area contributed by atoms with Crippen molar-refractivity contribution in [2.24, 2.45) is 0 Å². The van der Waals surface area contributed by atoms with E-state index in [1.54, 1.807) is 24.3 Å². The molecule has 0 radical (unpaired) electrons. The lowest BCUT2D eigenvalue weighted by molar-refractivity contribution is -0.158. The molecule has 0 saturated carbocycles. The average molecular weight is 330 g/mol. The van der Waals surface area contributed by atoms with Crippen molar-refractivity contribution in [1.82, 2.24) is 10.2 Å². The van der Waals surface area contributed by atoms with Gasteiger partial charge in [-0.05, 0) is 12.5 Å². The summed E-state index contributed by atoms with van der Waals surface area (Å²) in [6.45, 7) is -1.30. The first-order valence-electron chi connectivity index (χ1n) is 7.07. The molecule has 1 fully saturated rings. The van der Waals surface area contributed by atoms with Crippen LogP contribution in [0.4, 0.5) is 13.2 Å². The Morgan fingerprint density at radius 2 is 2.09 bits per heavy atom. The average Bonchev–Trinajstić information content (AvgIpc) is 2.79. The molecule has 0 aliphatic carbocycles. The lowest BCUT2D eigenvalue weighted by atomic mass is 10.1. The Kier molecular flexibility index (Phi) is 5.12. The van der Waals surface area contributed by atoms with E-state index in [0.29, 0.717) is 16.2 Å². The minimum absolute atomic E-state index is 0.00688. The fourth-order valence-corrected chi connectivity index (χ4v) is 2.51. The highest BCUT2D eigenvalue weighted by atomic mass is 19.4. The third-order valence-electron chi connectivity index (χ3n) is 3.55. The van der Waals surface area contributed by atoms with E-state index >= 15 is 0 Å². The number of alkyl halides is 3. The van der Waals surface area contributed by atoms with Crippen LogP contribution < -0.4 is 10.1 Å². The first-order valence-corrected chi connectivity index (χ1v) is 7.07. The van der Waals surface area contributed by atoms with Gasteiger partial charge in [-0.3, -0.25) is 9.59 Å². The van der Waals surface area contributed by atoms with E-state index in [2.05, 4.69) is 5.32 Å². The van der Waals surface area contributed by atoms with Gasteiger partial charge in [-0.25, -0.2) is 0 Å². The minimum Gasteiger partial charge on any atom is -0.496 e. The molecule has 1 aromatic rings. The summed E-state index contributed by atoms with van der Waals surface area (Å²) in [4.78, 5) is 24.6. The Hall–Kier alpha value is -2.25. The number of methoxy groups -OCH3 is 1. The van der Waals surface area contributed by atoms with Gasteiger partial charge in [0.15, 0.2) is 0 Å². The lowest BCUT2D eigenvalue weighted by Gasteiger charge is -2.18. The first kappa shape index (κ1) is 17.1. The zero-order valence-corrected chi connectivity index (χ0v) is 12.5. The molecule has 1 aliphatic rings. The number of halogens is 3. The predicted molar refractivity (Wildman–Crippen MR) is 75.9 cm³/mol. The van der Waals surface area contributed by atoms with E-state index in [-0.39, 0.29) is 19.4 Å². The number of rotatable bonds is 5. The van der Waals surface area contributed by atoms with Gasteiger partial charge in [0.2, 0.25) is 11.8 Å². The van der Waals surface area contributed by atoms with Crippen molar-refractivity contribution in [3.05, 3.63) is 29.8 Å². The molecule has 2 rings (SSSR count). The SMILES string of the molecule is COc1ccccc1CC(=O)N[C@H]1CCN(CC(F)(F)F)C1=O. The monoisotopic (exact) mass is 330 g/mol. The van der Waals surface area contributed by atoms with E-state index in [9.17, 15) is 22.8 Å². The summed E-state index contributed by atoms with van der Waals surface area (Å²) < 4.78 is 42.2. The van der Waals surface area contributed by atoms with Crippen molar-refractivity contribution >= 4 is 11.8 Å². The molecule has 23 heavy (non-hydrogen) atoms. The lowest BCUT2D eigenvalue weighted by Crippen LogP contribution is -2.44. The summed E-state index contributed by atoms with van der Waals surface area (Å²) in [7, 11) is 1.48. The second kappa shape index (κ2) is 6.89. The standard InChI is InChI=1S/C15H17F3N2O3/c1-23-12-5-3-2-4-10(12)8-13(21)19-11-6-7-20(14(11)22)9-15(16,17)18/h2-5,11H,6-9H2,1H3,(H,19,21)/t11-/m0/s1. The van der Waals surface area contributed by atoms with E-state index in [0.717, 1.165) is 0 Å². The number of carbonyl (C=O) groups is 2. The fourth-order valence-electron chi connectivity index (χ4n) is 2.51. The number of carbonyl (C=O) groups excluding carboxylic acids is 2. The highest BCUT2D eigenvalue weighted by molar-refractivity contribution is 5.90. The van der Waals surface area contributed by atoms with Crippen LogP contribution >= 0.6 is 0 Å². The van der Waals surface area contributed by atoms with Gasteiger partial charge >= 0.3 is 6.18 Å². The molecule has 0 aromatic heterocycles. The molecule has 5 nitrogen and oxygen atoms in total. The Morgan fingerprint density at radius 1 is 1.39 bits per heavy atom. The smallest absolute Gasteiger partial charge is 0.406 e. The maximum absolute atomic E-state index is 12.3. The molecule has 1 aliphatic heterocycles. The Labute approximate surface area is 131 Å². The molecule has 126 valence electrons. The van der Waals surface area contributed by atoms with E-state index < -0.39 is 30.6 Å². The molecule has 1 atom stereocenters. The van der Waals surface area contributed by atoms with Crippen LogP contribution in [0.5, 0.6) is 5.75 Å². The highest BCUT2D eigenvalue weighted by Crippen LogP contribution is 2.21. The van der Waals surface area contributed by atoms with Gasteiger partial charge in [-0.15, -0.1) is 0 Å². The second-order valence-corrected chi connectivity index (χ2v) is 5.27. The Balaban J connectivity index is 1.92. The van der Waals surface area contributed by atoms with Gasteiger partial charge < -0.3 is 15.0 Å². The summed E-state index contributed by atoms with van der Waals surface area (Å²) >= 11 is 0. The van der Waals surface area contributed by atoms with Crippen LogP contribution in [0, 0.1) is 0 Å². The van der Waals surface area contributed by atoms with Crippen molar-refractivity contribution in [3.63, 3.8) is 0 Å². The summed E-state index contributed by atoms with van der Waals surface area (Å²) in [6, 6.07) is 6.02. The Morgan fingerprint density at radius 3 is 2.74 bits per heavy atom. The Bertz CT molecular complexity index is 590.